The van der Waals surface area contributed by atoms with Gasteiger partial charge in [0.1, 0.15) is 0 Å². The average Bonchev–Trinajstić information content (AvgIpc) is 2.45. The minimum absolute atomic E-state index is 0.510. The molecule has 0 spiro atoms. The molecule has 100 valence electrons. The van der Waals surface area contributed by atoms with Crippen molar-refractivity contribution in [2.24, 2.45) is 0 Å². The second-order valence-electron chi connectivity index (χ2n) is 4.48. The van der Waals surface area contributed by atoms with E-state index in [9.17, 15) is 5.11 Å². The van der Waals surface area contributed by atoms with Crippen molar-refractivity contribution in [1.82, 2.24) is 5.32 Å². The predicted molar refractivity (Wildman–Crippen MR) is 79.4 cm³/mol. The van der Waals surface area contributed by atoms with Crippen LogP contribution in [-0.4, -0.2) is 18.2 Å². The van der Waals surface area contributed by atoms with Crippen LogP contribution >= 0.6 is 11.6 Å². The molecule has 2 rings (SSSR count). The molecule has 0 aliphatic carbocycles. The minimum Gasteiger partial charge on any atom is -0.387 e. The van der Waals surface area contributed by atoms with E-state index in [0.717, 1.165) is 18.5 Å². The summed E-state index contributed by atoms with van der Waals surface area (Å²) in [6.45, 7) is 1.35. The second kappa shape index (κ2) is 7.29. The second-order valence-corrected chi connectivity index (χ2v) is 4.88. The van der Waals surface area contributed by atoms with Crippen molar-refractivity contribution in [3.63, 3.8) is 0 Å². The highest BCUT2D eigenvalue weighted by Gasteiger charge is 2.09. The molecule has 0 radical (unpaired) electrons. The van der Waals surface area contributed by atoms with Gasteiger partial charge in [-0.05, 0) is 24.6 Å². The summed E-state index contributed by atoms with van der Waals surface area (Å²) in [6.07, 6.45) is 0.389. The Hall–Kier alpha value is -1.35. The fraction of sp³-hybridized carbons (Fsp3) is 0.250. The zero-order valence-corrected chi connectivity index (χ0v) is 11.5. The number of aliphatic hydroxyl groups excluding tert-OH is 1. The molecule has 2 N–H and O–H groups in total. The molecule has 0 heterocycles. The van der Waals surface area contributed by atoms with Gasteiger partial charge < -0.3 is 10.4 Å². The van der Waals surface area contributed by atoms with Crippen LogP contribution in [0.1, 0.15) is 17.2 Å². The molecular formula is C16H18ClNO. The van der Waals surface area contributed by atoms with E-state index in [1.807, 2.05) is 36.4 Å². The van der Waals surface area contributed by atoms with Crippen LogP contribution in [-0.2, 0) is 6.42 Å². The van der Waals surface area contributed by atoms with Crippen molar-refractivity contribution in [2.45, 2.75) is 12.5 Å². The van der Waals surface area contributed by atoms with Gasteiger partial charge in [0.2, 0.25) is 0 Å². The molecule has 0 aliphatic heterocycles. The van der Waals surface area contributed by atoms with E-state index in [0.29, 0.717) is 11.6 Å². The molecule has 0 saturated heterocycles. The summed E-state index contributed by atoms with van der Waals surface area (Å²) in [6, 6.07) is 17.7. The lowest BCUT2D eigenvalue weighted by molar-refractivity contribution is 0.175. The van der Waals surface area contributed by atoms with E-state index in [-0.39, 0.29) is 0 Å². The predicted octanol–water partition coefficient (Wildman–Crippen LogP) is 3.21. The molecule has 0 aliphatic rings. The third kappa shape index (κ3) is 4.35. The number of benzene rings is 2. The van der Waals surface area contributed by atoms with Crippen LogP contribution in [0.25, 0.3) is 0 Å². The van der Waals surface area contributed by atoms with Gasteiger partial charge in [-0.3, -0.25) is 0 Å². The van der Waals surface area contributed by atoms with E-state index in [2.05, 4.69) is 17.4 Å². The van der Waals surface area contributed by atoms with E-state index in [1.165, 1.54) is 5.56 Å². The van der Waals surface area contributed by atoms with Gasteiger partial charge in [0.05, 0.1) is 6.10 Å². The molecule has 2 aromatic carbocycles. The first-order chi connectivity index (χ1) is 9.27. The molecule has 1 unspecified atom stereocenters. The first kappa shape index (κ1) is 14.1. The Bertz CT molecular complexity index is 501. The maximum absolute atomic E-state index is 10.1. The fourth-order valence-corrected chi connectivity index (χ4v) is 2.23. The molecule has 0 fully saturated rings. The van der Waals surface area contributed by atoms with Crippen LogP contribution in [0.15, 0.2) is 54.6 Å². The van der Waals surface area contributed by atoms with E-state index in [1.54, 1.807) is 6.07 Å². The van der Waals surface area contributed by atoms with E-state index in [4.69, 9.17) is 11.6 Å². The van der Waals surface area contributed by atoms with E-state index < -0.39 is 6.10 Å². The third-order valence-corrected chi connectivity index (χ3v) is 3.38. The first-order valence-electron chi connectivity index (χ1n) is 6.44. The van der Waals surface area contributed by atoms with Crippen molar-refractivity contribution >= 4 is 11.6 Å². The maximum atomic E-state index is 10.1. The zero-order chi connectivity index (χ0) is 13.5. The highest BCUT2D eigenvalue weighted by atomic mass is 35.5. The summed E-state index contributed by atoms with van der Waals surface area (Å²) in [4.78, 5) is 0. The lowest BCUT2D eigenvalue weighted by atomic mass is 10.1. The number of hydrogen-bond acceptors (Lipinski definition) is 2. The SMILES string of the molecule is OC(CNCCc1ccccc1)c1ccccc1Cl. The van der Waals surface area contributed by atoms with Crippen LogP contribution in [0, 0.1) is 0 Å². The highest BCUT2D eigenvalue weighted by Crippen LogP contribution is 2.21. The van der Waals surface area contributed by atoms with Gasteiger partial charge in [-0.2, -0.15) is 0 Å². The summed E-state index contributed by atoms with van der Waals surface area (Å²) in [7, 11) is 0. The summed E-state index contributed by atoms with van der Waals surface area (Å²) >= 11 is 6.04. The number of nitrogens with one attached hydrogen (secondary N) is 1. The highest BCUT2D eigenvalue weighted by molar-refractivity contribution is 6.31. The Morgan fingerprint density at radius 1 is 1.00 bits per heavy atom. The Morgan fingerprint density at radius 2 is 1.68 bits per heavy atom. The van der Waals surface area contributed by atoms with Crippen LogP contribution in [0.3, 0.4) is 0 Å². The number of halogens is 1. The Morgan fingerprint density at radius 3 is 2.42 bits per heavy atom. The largest absolute Gasteiger partial charge is 0.387 e. The first-order valence-corrected chi connectivity index (χ1v) is 6.82. The quantitative estimate of drug-likeness (QED) is 0.794. The topological polar surface area (TPSA) is 32.3 Å². The van der Waals surface area contributed by atoms with Crippen molar-refractivity contribution in [2.75, 3.05) is 13.1 Å². The molecular weight excluding hydrogens is 258 g/mol. The molecule has 3 heteroatoms. The average molecular weight is 276 g/mol. The molecule has 19 heavy (non-hydrogen) atoms. The van der Waals surface area contributed by atoms with Crippen LogP contribution in [0.5, 0.6) is 0 Å². The van der Waals surface area contributed by atoms with Gasteiger partial charge in [0.25, 0.3) is 0 Å². The van der Waals surface area contributed by atoms with Gasteiger partial charge in [-0.25, -0.2) is 0 Å². The molecule has 0 amide bonds. The Labute approximate surface area is 119 Å². The van der Waals surface area contributed by atoms with Crippen LogP contribution < -0.4 is 5.32 Å². The summed E-state index contributed by atoms with van der Waals surface area (Å²) in [5.74, 6) is 0. The summed E-state index contributed by atoms with van der Waals surface area (Å²) in [5.41, 5.74) is 2.07. The monoisotopic (exact) mass is 275 g/mol. The number of hydrogen-bond donors (Lipinski definition) is 2. The van der Waals surface area contributed by atoms with Gasteiger partial charge in [-0.15, -0.1) is 0 Å². The maximum Gasteiger partial charge on any atom is 0.0928 e. The van der Waals surface area contributed by atoms with Crippen molar-refractivity contribution < 1.29 is 5.11 Å². The molecule has 0 aromatic heterocycles. The zero-order valence-electron chi connectivity index (χ0n) is 10.7. The lowest BCUT2D eigenvalue weighted by Crippen LogP contribution is -2.23. The summed E-state index contributed by atoms with van der Waals surface area (Å²) in [5, 5.41) is 13.9. The fourth-order valence-electron chi connectivity index (χ4n) is 1.97. The van der Waals surface area contributed by atoms with Gasteiger partial charge in [-0.1, -0.05) is 60.1 Å². The molecule has 0 saturated carbocycles. The van der Waals surface area contributed by atoms with Gasteiger partial charge in [0, 0.05) is 17.1 Å². The third-order valence-electron chi connectivity index (χ3n) is 3.04. The lowest BCUT2D eigenvalue weighted by Gasteiger charge is -2.13. The molecule has 0 bridgehead atoms. The molecule has 1 atom stereocenters. The van der Waals surface area contributed by atoms with Crippen LogP contribution in [0.2, 0.25) is 5.02 Å². The van der Waals surface area contributed by atoms with Crippen molar-refractivity contribution in [3.05, 3.63) is 70.7 Å². The Balaban J connectivity index is 1.76. The van der Waals surface area contributed by atoms with Crippen molar-refractivity contribution in [1.29, 1.82) is 0 Å². The van der Waals surface area contributed by atoms with E-state index >= 15 is 0 Å². The Kier molecular flexibility index (Phi) is 5.40. The summed E-state index contributed by atoms with van der Waals surface area (Å²) < 4.78 is 0. The molecule has 2 aromatic rings. The van der Waals surface area contributed by atoms with Crippen molar-refractivity contribution in [3.8, 4) is 0 Å². The number of rotatable bonds is 6. The minimum atomic E-state index is -0.565. The smallest absolute Gasteiger partial charge is 0.0928 e. The van der Waals surface area contributed by atoms with Gasteiger partial charge in [0.15, 0.2) is 0 Å². The van der Waals surface area contributed by atoms with Gasteiger partial charge >= 0.3 is 0 Å². The normalized spacial score (nSPS) is 12.3. The molecule has 2 nitrogen and oxygen atoms in total. The van der Waals surface area contributed by atoms with Crippen LogP contribution in [0.4, 0.5) is 0 Å². The standard InChI is InChI=1S/C16H18ClNO/c17-15-9-5-4-8-14(15)16(19)12-18-11-10-13-6-2-1-3-7-13/h1-9,16,18-19H,10-12H2. The number of aliphatic hydroxyl groups is 1.